The van der Waals surface area contributed by atoms with E-state index in [2.05, 4.69) is 53.6 Å². The van der Waals surface area contributed by atoms with Crippen molar-refractivity contribution in [3.8, 4) is 0 Å². The second-order valence-electron chi connectivity index (χ2n) is 8.06. The van der Waals surface area contributed by atoms with Crippen LogP contribution < -0.4 is 5.73 Å². The highest BCUT2D eigenvalue weighted by Crippen LogP contribution is 2.34. The van der Waals surface area contributed by atoms with E-state index in [1.807, 2.05) is 6.20 Å². The Kier molecular flexibility index (Phi) is 5.74. The molecule has 0 aromatic carbocycles. The predicted octanol–water partition coefficient (Wildman–Crippen LogP) is 3.96. The Hall–Kier alpha value is -2.24. The smallest absolute Gasteiger partial charge is 0.137 e. The number of hydrogen-bond acceptors (Lipinski definition) is 4. The molecule has 1 aliphatic rings. The minimum Gasteiger partial charge on any atom is -0.330 e. The zero-order valence-electron chi connectivity index (χ0n) is 17.1. The second kappa shape index (κ2) is 8.41. The van der Waals surface area contributed by atoms with E-state index in [4.69, 9.17) is 15.7 Å². The van der Waals surface area contributed by atoms with Crippen LogP contribution in [0.5, 0.6) is 0 Å². The summed E-state index contributed by atoms with van der Waals surface area (Å²) in [5.41, 5.74) is 13.1. The van der Waals surface area contributed by atoms with Crippen LogP contribution in [0.1, 0.15) is 59.9 Å². The molecule has 148 valence electrons. The summed E-state index contributed by atoms with van der Waals surface area (Å²) in [4.78, 5) is 12.3. The van der Waals surface area contributed by atoms with Gasteiger partial charge in [0.2, 0.25) is 0 Å². The molecule has 0 radical (unpaired) electrons. The van der Waals surface area contributed by atoms with E-state index in [0.717, 1.165) is 56.7 Å². The van der Waals surface area contributed by atoms with Gasteiger partial charge in [-0.05, 0) is 88.4 Å². The maximum absolute atomic E-state index is 5.76. The summed E-state index contributed by atoms with van der Waals surface area (Å²) in [6.45, 7) is 6.91. The van der Waals surface area contributed by atoms with Gasteiger partial charge in [-0.2, -0.15) is 0 Å². The largest absolute Gasteiger partial charge is 0.330 e. The van der Waals surface area contributed by atoms with Crippen molar-refractivity contribution >= 4 is 5.65 Å². The summed E-state index contributed by atoms with van der Waals surface area (Å²) in [6.07, 6.45) is 9.83. The van der Waals surface area contributed by atoms with Crippen molar-refractivity contribution in [1.82, 2.24) is 19.3 Å². The highest BCUT2D eigenvalue weighted by Gasteiger charge is 2.27. The van der Waals surface area contributed by atoms with Crippen LogP contribution in [0.3, 0.4) is 0 Å². The van der Waals surface area contributed by atoms with Crippen LogP contribution in [-0.2, 0) is 13.0 Å². The highest BCUT2D eigenvalue weighted by atomic mass is 15.2. The molecule has 3 aromatic heterocycles. The van der Waals surface area contributed by atoms with Gasteiger partial charge in [0.25, 0.3) is 0 Å². The molecule has 5 nitrogen and oxygen atoms in total. The van der Waals surface area contributed by atoms with Crippen molar-refractivity contribution in [3.63, 3.8) is 0 Å². The second-order valence-corrected chi connectivity index (χ2v) is 8.06. The number of hydrogen-bond donors (Lipinski definition) is 1. The number of aryl methyl sites for hydroxylation is 3. The Morgan fingerprint density at radius 3 is 3.00 bits per heavy atom. The van der Waals surface area contributed by atoms with E-state index < -0.39 is 0 Å². The molecule has 1 aliphatic carbocycles. The number of unbranched alkanes of at least 4 members (excludes halogenated alkanes) is 1. The van der Waals surface area contributed by atoms with Gasteiger partial charge in [0.05, 0.1) is 17.4 Å². The molecule has 0 spiro atoms. The molecule has 1 atom stereocenters. The first-order chi connectivity index (χ1) is 13.7. The summed E-state index contributed by atoms with van der Waals surface area (Å²) < 4.78 is 2.20. The SMILES string of the molecule is Cc1cc(C)n2cc(CN(CCCCN)C3CCCc4cccnc43)nc2c1. The minimum absolute atomic E-state index is 0.371. The molecular weight excluding hydrogens is 346 g/mol. The lowest BCUT2D eigenvalue weighted by molar-refractivity contribution is 0.161. The zero-order chi connectivity index (χ0) is 19.5. The maximum atomic E-state index is 5.76. The molecule has 2 N–H and O–H groups in total. The lowest BCUT2D eigenvalue weighted by Crippen LogP contribution is -2.33. The van der Waals surface area contributed by atoms with Gasteiger partial charge in [-0.25, -0.2) is 4.98 Å². The van der Waals surface area contributed by atoms with Crippen LogP contribution >= 0.6 is 0 Å². The van der Waals surface area contributed by atoms with Crippen LogP contribution in [0.25, 0.3) is 5.65 Å². The molecule has 0 saturated carbocycles. The molecule has 3 heterocycles. The van der Waals surface area contributed by atoms with Gasteiger partial charge >= 0.3 is 0 Å². The number of pyridine rings is 2. The third kappa shape index (κ3) is 3.96. The molecule has 0 amide bonds. The van der Waals surface area contributed by atoms with Crippen molar-refractivity contribution in [1.29, 1.82) is 0 Å². The van der Waals surface area contributed by atoms with Crippen molar-refractivity contribution in [2.45, 2.75) is 58.5 Å². The number of nitrogens with zero attached hydrogens (tertiary/aromatic N) is 4. The van der Waals surface area contributed by atoms with Crippen LogP contribution in [0.2, 0.25) is 0 Å². The Labute approximate surface area is 167 Å². The lowest BCUT2D eigenvalue weighted by atomic mass is 9.90. The van der Waals surface area contributed by atoms with Gasteiger partial charge in [0.15, 0.2) is 0 Å². The van der Waals surface area contributed by atoms with Crippen LogP contribution in [-0.4, -0.2) is 32.4 Å². The first-order valence-corrected chi connectivity index (χ1v) is 10.5. The molecule has 0 saturated heterocycles. The summed E-state index contributed by atoms with van der Waals surface area (Å²) in [5.74, 6) is 0. The molecular formula is C23H31N5. The van der Waals surface area contributed by atoms with E-state index in [1.54, 1.807) is 0 Å². The Morgan fingerprint density at radius 1 is 1.25 bits per heavy atom. The third-order valence-electron chi connectivity index (χ3n) is 5.83. The van der Waals surface area contributed by atoms with Gasteiger partial charge in [-0.15, -0.1) is 0 Å². The third-order valence-corrected chi connectivity index (χ3v) is 5.83. The lowest BCUT2D eigenvalue weighted by Gasteiger charge is -2.34. The Balaban J connectivity index is 1.63. The first-order valence-electron chi connectivity index (χ1n) is 10.5. The van der Waals surface area contributed by atoms with Gasteiger partial charge in [0.1, 0.15) is 5.65 Å². The molecule has 0 aliphatic heterocycles. The predicted molar refractivity (Wildman–Crippen MR) is 113 cm³/mol. The van der Waals surface area contributed by atoms with Crippen molar-refractivity contribution < 1.29 is 0 Å². The van der Waals surface area contributed by atoms with Crippen molar-refractivity contribution in [3.05, 3.63) is 64.9 Å². The fraction of sp³-hybridized carbons (Fsp3) is 0.478. The summed E-state index contributed by atoms with van der Waals surface area (Å²) in [5, 5.41) is 0. The molecule has 1 unspecified atom stereocenters. The molecule has 0 fully saturated rings. The van der Waals surface area contributed by atoms with Crippen LogP contribution in [0.15, 0.2) is 36.7 Å². The van der Waals surface area contributed by atoms with Gasteiger partial charge in [-0.3, -0.25) is 9.88 Å². The molecule has 0 bridgehead atoms. The number of fused-ring (bicyclic) bond motifs is 2. The molecule has 28 heavy (non-hydrogen) atoms. The molecule has 3 aromatic rings. The van der Waals surface area contributed by atoms with Crippen LogP contribution in [0, 0.1) is 13.8 Å². The fourth-order valence-electron chi connectivity index (χ4n) is 4.50. The van der Waals surface area contributed by atoms with E-state index in [1.165, 1.54) is 28.9 Å². The standard InChI is InChI=1S/C23H31N5/c1-17-13-18(2)28-16-20(26-22(28)14-17)15-27(12-4-3-10-24)21-9-5-7-19-8-6-11-25-23(19)21/h6,8,11,13-14,16,21H,3-5,7,9-10,12,15,24H2,1-2H3. The summed E-state index contributed by atoms with van der Waals surface area (Å²) in [6, 6.07) is 9.04. The van der Waals surface area contributed by atoms with Crippen molar-refractivity contribution in [2.75, 3.05) is 13.1 Å². The summed E-state index contributed by atoms with van der Waals surface area (Å²) >= 11 is 0. The molecule has 5 heteroatoms. The number of aromatic nitrogens is 3. The topological polar surface area (TPSA) is 59.5 Å². The normalized spacial score (nSPS) is 16.6. The van der Waals surface area contributed by atoms with E-state index in [9.17, 15) is 0 Å². The Bertz CT molecular complexity index is 945. The zero-order valence-corrected chi connectivity index (χ0v) is 17.1. The molecule has 4 rings (SSSR count). The monoisotopic (exact) mass is 377 g/mol. The first kappa shape index (κ1) is 19.1. The van der Waals surface area contributed by atoms with Crippen molar-refractivity contribution in [2.24, 2.45) is 5.73 Å². The Morgan fingerprint density at radius 2 is 2.14 bits per heavy atom. The number of nitrogens with two attached hydrogens (primary N) is 1. The van der Waals surface area contributed by atoms with E-state index in [0.29, 0.717) is 6.04 Å². The van der Waals surface area contributed by atoms with Gasteiger partial charge in [-0.1, -0.05) is 6.07 Å². The minimum atomic E-state index is 0.371. The van der Waals surface area contributed by atoms with Gasteiger partial charge in [0, 0.05) is 24.6 Å². The maximum Gasteiger partial charge on any atom is 0.137 e. The number of rotatable bonds is 7. The van der Waals surface area contributed by atoms with E-state index in [-0.39, 0.29) is 0 Å². The van der Waals surface area contributed by atoms with Gasteiger partial charge < -0.3 is 10.1 Å². The summed E-state index contributed by atoms with van der Waals surface area (Å²) in [7, 11) is 0. The fourth-order valence-corrected chi connectivity index (χ4v) is 4.50. The average Bonchev–Trinajstić information content (AvgIpc) is 3.10. The average molecular weight is 378 g/mol. The van der Waals surface area contributed by atoms with E-state index >= 15 is 0 Å². The highest BCUT2D eigenvalue weighted by molar-refractivity contribution is 5.45. The van der Waals surface area contributed by atoms with Crippen LogP contribution in [0.4, 0.5) is 0 Å². The quantitative estimate of drug-likeness (QED) is 0.633. The number of imidazole rings is 1.